The predicted octanol–water partition coefficient (Wildman–Crippen LogP) is 4.09. The molecule has 0 fully saturated rings. The van der Waals surface area contributed by atoms with Crippen LogP contribution in [0.5, 0.6) is 11.5 Å². The standard InChI is InChI=1S/C14H15BrO3/c1-9-6-7-18-14(9)13(15)10-4-5-11(16-2)12(8-10)17-3/h4-8,13H,1-3H3. The summed E-state index contributed by atoms with van der Waals surface area (Å²) in [6.07, 6.45) is 1.69. The Morgan fingerprint density at radius 3 is 2.39 bits per heavy atom. The van der Waals surface area contributed by atoms with Crippen LogP contribution < -0.4 is 9.47 Å². The minimum Gasteiger partial charge on any atom is -0.493 e. The molecule has 18 heavy (non-hydrogen) atoms. The van der Waals surface area contributed by atoms with E-state index in [9.17, 15) is 0 Å². The number of hydrogen-bond acceptors (Lipinski definition) is 3. The summed E-state index contributed by atoms with van der Waals surface area (Å²) in [5, 5.41) is 0. The van der Waals surface area contributed by atoms with Crippen molar-refractivity contribution >= 4 is 15.9 Å². The van der Waals surface area contributed by atoms with E-state index in [1.165, 1.54) is 0 Å². The maximum atomic E-state index is 5.49. The minimum absolute atomic E-state index is 0.00676. The predicted molar refractivity (Wildman–Crippen MR) is 73.8 cm³/mol. The van der Waals surface area contributed by atoms with Gasteiger partial charge < -0.3 is 13.9 Å². The number of methoxy groups -OCH3 is 2. The highest BCUT2D eigenvalue weighted by Crippen LogP contribution is 2.37. The van der Waals surface area contributed by atoms with Crippen molar-refractivity contribution in [2.45, 2.75) is 11.8 Å². The first-order chi connectivity index (χ1) is 8.67. The lowest BCUT2D eigenvalue weighted by molar-refractivity contribution is 0.354. The number of benzene rings is 1. The van der Waals surface area contributed by atoms with Gasteiger partial charge in [0.1, 0.15) is 5.76 Å². The monoisotopic (exact) mass is 310 g/mol. The van der Waals surface area contributed by atoms with Gasteiger partial charge in [0.25, 0.3) is 0 Å². The fraction of sp³-hybridized carbons (Fsp3) is 0.286. The molecule has 0 N–H and O–H groups in total. The topological polar surface area (TPSA) is 31.6 Å². The molecule has 2 aromatic rings. The molecule has 0 aliphatic heterocycles. The Bertz CT molecular complexity index is 534. The first kappa shape index (κ1) is 13.0. The normalized spacial score (nSPS) is 12.2. The van der Waals surface area contributed by atoms with Crippen molar-refractivity contribution < 1.29 is 13.9 Å². The largest absolute Gasteiger partial charge is 0.493 e. The lowest BCUT2D eigenvalue weighted by atomic mass is 10.1. The van der Waals surface area contributed by atoms with Gasteiger partial charge in [-0.3, -0.25) is 0 Å². The molecule has 0 spiro atoms. The number of hydrogen-bond donors (Lipinski definition) is 0. The van der Waals surface area contributed by atoms with E-state index in [1.54, 1.807) is 20.5 Å². The van der Waals surface area contributed by atoms with Gasteiger partial charge in [-0.1, -0.05) is 22.0 Å². The Morgan fingerprint density at radius 1 is 1.11 bits per heavy atom. The molecular formula is C14H15BrO3. The van der Waals surface area contributed by atoms with E-state index in [0.29, 0.717) is 5.75 Å². The molecule has 96 valence electrons. The quantitative estimate of drug-likeness (QED) is 0.797. The van der Waals surface area contributed by atoms with Crippen LogP contribution >= 0.6 is 15.9 Å². The summed E-state index contributed by atoms with van der Waals surface area (Å²) < 4.78 is 16.0. The lowest BCUT2D eigenvalue weighted by Gasteiger charge is -2.13. The molecule has 0 bridgehead atoms. The molecule has 4 heteroatoms. The number of halogens is 1. The first-order valence-corrected chi connectivity index (χ1v) is 6.49. The van der Waals surface area contributed by atoms with Gasteiger partial charge >= 0.3 is 0 Å². The van der Waals surface area contributed by atoms with Gasteiger partial charge in [0.2, 0.25) is 0 Å². The summed E-state index contributed by atoms with van der Waals surface area (Å²) in [5.41, 5.74) is 2.18. The zero-order chi connectivity index (χ0) is 13.1. The highest BCUT2D eigenvalue weighted by molar-refractivity contribution is 9.09. The molecule has 2 rings (SSSR count). The van der Waals surface area contributed by atoms with Gasteiger partial charge in [0, 0.05) is 0 Å². The molecule has 1 heterocycles. The zero-order valence-corrected chi connectivity index (χ0v) is 12.2. The molecule has 1 aromatic carbocycles. The smallest absolute Gasteiger partial charge is 0.161 e. The highest BCUT2D eigenvalue weighted by atomic mass is 79.9. The van der Waals surface area contributed by atoms with E-state index < -0.39 is 0 Å². The first-order valence-electron chi connectivity index (χ1n) is 5.57. The highest BCUT2D eigenvalue weighted by Gasteiger charge is 2.17. The van der Waals surface area contributed by atoms with E-state index in [1.807, 2.05) is 31.2 Å². The van der Waals surface area contributed by atoms with Crippen molar-refractivity contribution in [2.24, 2.45) is 0 Å². The fourth-order valence-corrected chi connectivity index (χ4v) is 2.56. The SMILES string of the molecule is COc1ccc(C(Br)c2occc2C)cc1OC. The van der Waals surface area contributed by atoms with Crippen LogP contribution in [0.25, 0.3) is 0 Å². The lowest BCUT2D eigenvalue weighted by Crippen LogP contribution is -1.96. The Kier molecular flexibility index (Phi) is 3.97. The zero-order valence-electron chi connectivity index (χ0n) is 10.6. The second-order valence-electron chi connectivity index (χ2n) is 3.94. The van der Waals surface area contributed by atoms with E-state index in [-0.39, 0.29) is 4.83 Å². The molecule has 0 aliphatic rings. The van der Waals surface area contributed by atoms with Crippen LogP contribution in [-0.4, -0.2) is 14.2 Å². The Morgan fingerprint density at radius 2 is 1.83 bits per heavy atom. The minimum atomic E-state index is 0.00676. The van der Waals surface area contributed by atoms with Crippen molar-refractivity contribution in [3.63, 3.8) is 0 Å². The average molecular weight is 311 g/mol. The number of alkyl halides is 1. The van der Waals surface area contributed by atoms with Gasteiger partial charge in [0.15, 0.2) is 11.5 Å². The maximum Gasteiger partial charge on any atom is 0.161 e. The van der Waals surface area contributed by atoms with Crippen LogP contribution in [0.15, 0.2) is 34.9 Å². The molecule has 0 saturated carbocycles. The van der Waals surface area contributed by atoms with E-state index >= 15 is 0 Å². The third-order valence-electron chi connectivity index (χ3n) is 2.83. The third-order valence-corrected chi connectivity index (χ3v) is 3.78. The third kappa shape index (κ3) is 2.38. The molecular weight excluding hydrogens is 296 g/mol. The summed E-state index contributed by atoms with van der Waals surface area (Å²) >= 11 is 3.64. The van der Waals surface area contributed by atoms with Crippen molar-refractivity contribution in [3.8, 4) is 11.5 Å². The van der Waals surface area contributed by atoms with Crippen LogP contribution in [0.1, 0.15) is 21.7 Å². The van der Waals surface area contributed by atoms with E-state index in [2.05, 4.69) is 15.9 Å². The Hall–Kier alpha value is -1.42. The Balaban J connectivity index is 2.37. The molecule has 1 atom stereocenters. The summed E-state index contributed by atoms with van der Waals surface area (Å²) in [4.78, 5) is 0.00676. The molecule has 1 aromatic heterocycles. The van der Waals surface area contributed by atoms with Crippen LogP contribution in [0, 0.1) is 6.92 Å². The average Bonchev–Trinajstić information content (AvgIpc) is 2.83. The Labute approximate surface area is 115 Å². The molecule has 0 aliphatic carbocycles. The van der Waals surface area contributed by atoms with Gasteiger partial charge in [-0.25, -0.2) is 0 Å². The van der Waals surface area contributed by atoms with Gasteiger partial charge in [0.05, 0.1) is 25.3 Å². The second kappa shape index (κ2) is 5.48. The summed E-state index contributed by atoms with van der Waals surface area (Å²) in [7, 11) is 3.25. The van der Waals surface area contributed by atoms with Gasteiger partial charge in [-0.15, -0.1) is 0 Å². The number of aryl methyl sites for hydroxylation is 1. The van der Waals surface area contributed by atoms with Gasteiger partial charge in [-0.05, 0) is 36.2 Å². The summed E-state index contributed by atoms with van der Waals surface area (Å²) in [6, 6.07) is 7.77. The van der Waals surface area contributed by atoms with E-state index in [4.69, 9.17) is 13.9 Å². The van der Waals surface area contributed by atoms with Crippen molar-refractivity contribution in [1.29, 1.82) is 0 Å². The van der Waals surface area contributed by atoms with Crippen LogP contribution in [-0.2, 0) is 0 Å². The van der Waals surface area contributed by atoms with Crippen LogP contribution in [0.2, 0.25) is 0 Å². The van der Waals surface area contributed by atoms with Crippen molar-refractivity contribution in [2.75, 3.05) is 14.2 Å². The molecule has 3 nitrogen and oxygen atoms in total. The fourth-order valence-electron chi connectivity index (χ4n) is 1.81. The molecule has 1 unspecified atom stereocenters. The van der Waals surface area contributed by atoms with E-state index in [0.717, 1.165) is 22.6 Å². The molecule has 0 saturated heterocycles. The summed E-state index contributed by atoms with van der Waals surface area (Å²) in [5.74, 6) is 2.34. The van der Waals surface area contributed by atoms with Gasteiger partial charge in [-0.2, -0.15) is 0 Å². The number of ether oxygens (including phenoxy) is 2. The number of furan rings is 1. The van der Waals surface area contributed by atoms with Crippen molar-refractivity contribution in [1.82, 2.24) is 0 Å². The maximum absolute atomic E-state index is 5.49. The molecule has 0 amide bonds. The second-order valence-corrected chi connectivity index (χ2v) is 4.86. The van der Waals surface area contributed by atoms with Crippen LogP contribution in [0.3, 0.4) is 0 Å². The molecule has 0 radical (unpaired) electrons. The summed E-state index contributed by atoms with van der Waals surface area (Å²) in [6.45, 7) is 2.02. The van der Waals surface area contributed by atoms with Crippen LogP contribution in [0.4, 0.5) is 0 Å². The van der Waals surface area contributed by atoms with Crippen molar-refractivity contribution in [3.05, 3.63) is 47.4 Å². The number of rotatable bonds is 4.